The van der Waals surface area contributed by atoms with Crippen molar-refractivity contribution in [2.45, 2.75) is 45.6 Å². The van der Waals surface area contributed by atoms with Gasteiger partial charge in [0, 0.05) is 17.9 Å². The molecule has 0 saturated carbocycles. The van der Waals surface area contributed by atoms with Crippen molar-refractivity contribution >= 4 is 23.7 Å². The molecule has 3 rings (SSSR count). The van der Waals surface area contributed by atoms with Crippen LogP contribution >= 0.6 is 0 Å². The van der Waals surface area contributed by atoms with E-state index in [1.165, 1.54) is 31.4 Å². The molecule has 1 aromatic heterocycles. The van der Waals surface area contributed by atoms with Crippen molar-refractivity contribution < 1.29 is 38.3 Å². The van der Waals surface area contributed by atoms with Crippen LogP contribution in [0.3, 0.4) is 0 Å². The molecule has 218 valence electrons. The number of hydrogen-bond donors (Lipinski definition) is 4. The molecule has 41 heavy (non-hydrogen) atoms. The van der Waals surface area contributed by atoms with Crippen LogP contribution in [-0.2, 0) is 21.0 Å². The lowest BCUT2D eigenvalue weighted by molar-refractivity contribution is -0.139. The van der Waals surface area contributed by atoms with Crippen LogP contribution in [0, 0.1) is 5.92 Å². The van der Waals surface area contributed by atoms with E-state index in [-0.39, 0.29) is 42.7 Å². The van der Waals surface area contributed by atoms with E-state index in [0.717, 1.165) is 24.8 Å². The largest absolute Gasteiger partial charge is 0.497 e. The van der Waals surface area contributed by atoms with Crippen LogP contribution in [0.25, 0.3) is 11.3 Å². The number of nitrogens with one attached hydrogen (secondary N) is 3. The van der Waals surface area contributed by atoms with Crippen LogP contribution in [0.4, 0.5) is 0 Å². The summed E-state index contributed by atoms with van der Waals surface area (Å²) in [6, 6.07) is 16.7. The average molecular weight is 566 g/mol. The zero-order valence-electron chi connectivity index (χ0n) is 23.1. The van der Waals surface area contributed by atoms with Crippen molar-refractivity contribution in [2.75, 3.05) is 13.8 Å². The van der Waals surface area contributed by atoms with Crippen molar-refractivity contribution in [2.24, 2.45) is 5.92 Å². The molecule has 4 N–H and O–H groups in total. The van der Waals surface area contributed by atoms with Crippen molar-refractivity contribution in [3.63, 3.8) is 0 Å². The normalized spacial score (nSPS) is 11.4. The zero-order valence-corrected chi connectivity index (χ0v) is 23.1. The molecule has 0 radical (unpaired) electrons. The molecule has 0 bridgehead atoms. The van der Waals surface area contributed by atoms with E-state index in [2.05, 4.69) is 16.1 Å². The number of ether oxygens (including phenoxy) is 1. The third kappa shape index (κ3) is 9.80. The minimum atomic E-state index is -1.13. The van der Waals surface area contributed by atoms with Crippen LogP contribution in [0.2, 0.25) is 0 Å². The maximum atomic E-state index is 12.9. The van der Waals surface area contributed by atoms with Crippen LogP contribution in [-0.4, -0.2) is 42.6 Å². The van der Waals surface area contributed by atoms with Gasteiger partial charge in [-0.3, -0.25) is 19.2 Å². The number of methoxy groups -OCH3 is 1. The first-order valence-electron chi connectivity index (χ1n) is 13.3. The van der Waals surface area contributed by atoms with Gasteiger partial charge in [-0.1, -0.05) is 56.5 Å². The number of hydrogen-bond acceptors (Lipinski definition) is 7. The van der Waals surface area contributed by atoms with Crippen molar-refractivity contribution in [3.05, 3.63) is 77.6 Å². The van der Waals surface area contributed by atoms with Gasteiger partial charge in [0.2, 0.25) is 11.8 Å². The van der Waals surface area contributed by atoms with Gasteiger partial charge >= 0.3 is 5.97 Å². The van der Waals surface area contributed by atoms with E-state index < -0.39 is 23.7 Å². The molecule has 0 saturated heterocycles. The quantitative estimate of drug-likeness (QED) is 0.114. The van der Waals surface area contributed by atoms with Crippen LogP contribution in [0.5, 0.6) is 5.75 Å². The molecule has 1 atom stereocenters. The van der Waals surface area contributed by atoms with Gasteiger partial charge in [-0.25, -0.2) is 10.3 Å². The van der Waals surface area contributed by atoms with Gasteiger partial charge in [-0.15, -0.1) is 0 Å². The lowest BCUT2D eigenvalue weighted by atomic mass is 9.96. The number of benzene rings is 2. The second-order valence-corrected chi connectivity index (χ2v) is 9.34. The van der Waals surface area contributed by atoms with Gasteiger partial charge in [0.05, 0.1) is 25.9 Å². The van der Waals surface area contributed by atoms with Crippen LogP contribution in [0.1, 0.15) is 65.5 Å². The first-order valence-corrected chi connectivity index (χ1v) is 13.3. The molecular weight excluding hydrogens is 530 g/mol. The molecule has 0 aliphatic rings. The van der Waals surface area contributed by atoms with Gasteiger partial charge in [0.15, 0.2) is 5.76 Å². The van der Waals surface area contributed by atoms with E-state index in [4.69, 9.17) is 14.0 Å². The van der Waals surface area contributed by atoms with Crippen molar-refractivity contribution in [1.29, 1.82) is 0 Å². The average Bonchev–Trinajstić information content (AvgIpc) is 3.47. The number of carboxylic acids is 1. The number of furan rings is 1. The summed E-state index contributed by atoms with van der Waals surface area (Å²) >= 11 is 0. The predicted molar refractivity (Wildman–Crippen MR) is 150 cm³/mol. The molecule has 0 fully saturated rings. The Bertz CT molecular complexity index is 1320. The highest BCUT2D eigenvalue weighted by molar-refractivity contribution is 5.93. The van der Waals surface area contributed by atoms with Crippen molar-refractivity contribution in [3.8, 4) is 17.1 Å². The molecule has 3 amide bonds. The Balaban J connectivity index is 1.52. The Kier molecular flexibility index (Phi) is 11.9. The summed E-state index contributed by atoms with van der Waals surface area (Å²) in [6.07, 6.45) is 3.13. The number of unbranched alkanes of at least 4 members (excludes halogenated alkanes) is 2. The van der Waals surface area contributed by atoms with E-state index in [9.17, 15) is 24.3 Å². The molecule has 0 aliphatic carbocycles. The molecule has 1 heterocycles. The van der Waals surface area contributed by atoms with E-state index >= 15 is 0 Å². The summed E-state index contributed by atoms with van der Waals surface area (Å²) in [5.74, 6) is -2.49. The van der Waals surface area contributed by atoms with Gasteiger partial charge in [-0.05, 0) is 42.3 Å². The van der Waals surface area contributed by atoms with Gasteiger partial charge in [0.1, 0.15) is 11.5 Å². The van der Waals surface area contributed by atoms with Crippen molar-refractivity contribution in [1.82, 2.24) is 16.1 Å². The maximum absolute atomic E-state index is 12.9. The number of carbonyl (C=O) groups excluding carboxylic acids is 3. The zero-order chi connectivity index (χ0) is 29.6. The lowest BCUT2D eigenvalue weighted by Gasteiger charge is -2.17. The van der Waals surface area contributed by atoms with Gasteiger partial charge in [0.25, 0.3) is 5.91 Å². The summed E-state index contributed by atoms with van der Waals surface area (Å²) in [5, 5.41) is 14.5. The number of aromatic carboxylic acids is 1. The summed E-state index contributed by atoms with van der Waals surface area (Å²) < 4.78 is 10.8. The molecule has 0 spiro atoms. The third-order valence-corrected chi connectivity index (χ3v) is 6.24. The highest BCUT2D eigenvalue weighted by atomic mass is 16.6. The van der Waals surface area contributed by atoms with Gasteiger partial charge in [-0.2, -0.15) is 0 Å². The van der Waals surface area contributed by atoms with E-state index in [0.29, 0.717) is 17.7 Å². The SMILES string of the molecule is CCCCC[C@H](CC(=O)NOCc1ccccc1)C(=O)NCNC(=O)c1ccc(-c2cc(OC)cc(C(=O)O)c2)o1. The minimum absolute atomic E-state index is 0.00870. The number of carbonyl (C=O) groups is 4. The fourth-order valence-corrected chi connectivity index (χ4v) is 4.05. The maximum Gasteiger partial charge on any atom is 0.335 e. The molecule has 0 unspecified atom stereocenters. The van der Waals surface area contributed by atoms with E-state index in [1.807, 2.05) is 37.3 Å². The Hall–Kier alpha value is -4.64. The lowest BCUT2D eigenvalue weighted by Crippen LogP contribution is -2.41. The highest BCUT2D eigenvalue weighted by Crippen LogP contribution is 2.28. The Morgan fingerprint density at radius 3 is 2.46 bits per heavy atom. The summed E-state index contributed by atoms with van der Waals surface area (Å²) in [7, 11) is 1.42. The third-order valence-electron chi connectivity index (χ3n) is 6.24. The summed E-state index contributed by atoms with van der Waals surface area (Å²) in [4.78, 5) is 54.6. The molecule has 0 aliphatic heterocycles. The molecule has 11 heteroatoms. The Labute approximate surface area is 238 Å². The fourth-order valence-electron chi connectivity index (χ4n) is 4.05. The van der Waals surface area contributed by atoms with Gasteiger partial charge < -0.3 is 24.9 Å². The number of amides is 3. The fraction of sp³-hybridized carbons (Fsp3) is 0.333. The van der Waals surface area contributed by atoms with E-state index in [1.54, 1.807) is 6.07 Å². The number of hydroxylamine groups is 1. The topological polar surface area (TPSA) is 156 Å². The van der Waals surface area contributed by atoms with Crippen LogP contribution in [0.15, 0.2) is 65.1 Å². The minimum Gasteiger partial charge on any atom is -0.497 e. The molecule has 11 nitrogen and oxygen atoms in total. The summed E-state index contributed by atoms with van der Waals surface area (Å²) in [6.45, 7) is 2.08. The predicted octanol–water partition coefficient (Wildman–Crippen LogP) is 4.29. The second kappa shape index (κ2) is 15.8. The number of rotatable bonds is 16. The Morgan fingerprint density at radius 2 is 1.76 bits per heavy atom. The highest BCUT2D eigenvalue weighted by Gasteiger charge is 2.22. The summed E-state index contributed by atoms with van der Waals surface area (Å²) in [5.41, 5.74) is 3.73. The molecule has 3 aromatic rings. The molecular formula is C30H35N3O8. The first-order chi connectivity index (χ1) is 19.8. The monoisotopic (exact) mass is 565 g/mol. The number of carboxylic acid groups (broad SMARTS) is 1. The standard InChI is InChI=1S/C30H35N3O8/c1-3-4-6-11-21(17-27(34)33-40-18-20-9-7-5-8-10-20)28(35)31-19-32-29(36)26-13-12-25(41-26)22-14-23(30(37)38)16-24(15-22)39-2/h5,7-10,12-16,21H,3-4,6,11,17-19H2,1-2H3,(H,31,35)(H,32,36)(H,33,34)(H,37,38)/t21-/m1/s1. The smallest absolute Gasteiger partial charge is 0.335 e. The Morgan fingerprint density at radius 1 is 0.976 bits per heavy atom. The molecule has 2 aromatic carbocycles. The second-order valence-electron chi connectivity index (χ2n) is 9.34. The first kappa shape index (κ1) is 30.9. The van der Waals surface area contributed by atoms with Crippen LogP contribution < -0.4 is 20.9 Å².